The molecule has 0 radical (unpaired) electrons. The number of carbonyl (C=O) groups is 2. The number of hydrogen-bond acceptors (Lipinski definition) is 4. The molecule has 0 saturated heterocycles. The Balaban J connectivity index is 1.61. The van der Waals surface area contributed by atoms with E-state index in [1.54, 1.807) is 38.5 Å². The SMILES string of the molecule is COc1ccc(CNC(=O)c2[nH]c3ccccc3c2NC(=O)c2cccc(C)c2)c(OC)c1. The number of H-pyrrole nitrogens is 1. The number of aromatic amines is 1. The van der Waals surface area contributed by atoms with Crippen molar-refractivity contribution in [3.63, 3.8) is 0 Å². The van der Waals surface area contributed by atoms with E-state index in [4.69, 9.17) is 9.47 Å². The zero-order valence-corrected chi connectivity index (χ0v) is 18.7. The molecule has 0 spiro atoms. The summed E-state index contributed by atoms with van der Waals surface area (Å²) in [5.41, 5.74) is 3.78. The first-order valence-corrected chi connectivity index (χ1v) is 10.5. The van der Waals surface area contributed by atoms with Crippen LogP contribution in [0.25, 0.3) is 10.9 Å². The molecule has 0 aliphatic rings. The monoisotopic (exact) mass is 443 g/mol. The third-order valence-electron chi connectivity index (χ3n) is 5.39. The van der Waals surface area contributed by atoms with Crippen molar-refractivity contribution in [2.24, 2.45) is 0 Å². The van der Waals surface area contributed by atoms with Gasteiger partial charge in [-0.15, -0.1) is 0 Å². The van der Waals surface area contributed by atoms with Crippen molar-refractivity contribution >= 4 is 28.4 Å². The summed E-state index contributed by atoms with van der Waals surface area (Å²) in [5.74, 6) is 0.649. The number of fused-ring (bicyclic) bond motifs is 1. The van der Waals surface area contributed by atoms with E-state index < -0.39 is 0 Å². The first kappa shape index (κ1) is 22.0. The highest BCUT2D eigenvalue weighted by molar-refractivity contribution is 6.15. The highest BCUT2D eigenvalue weighted by atomic mass is 16.5. The Morgan fingerprint density at radius 1 is 0.909 bits per heavy atom. The fourth-order valence-electron chi connectivity index (χ4n) is 3.68. The van der Waals surface area contributed by atoms with Crippen LogP contribution >= 0.6 is 0 Å². The molecule has 4 rings (SSSR count). The van der Waals surface area contributed by atoms with E-state index in [9.17, 15) is 9.59 Å². The molecule has 7 heteroatoms. The number of aryl methyl sites for hydroxylation is 1. The molecule has 0 fully saturated rings. The Hall–Kier alpha value is -4.26. The molecule has 7 nitrogen and oxygen atoms in total. The molecule has 33 heavy (non-hydrogen) atoms. The number of hydrogen-bond donors (Lipinski definition) is 3. The summed E-state index contributed by atoms with van der Waals surface area (Å²) in [6.45, 7) is 2.17. The predicted molar refractivity (Wildman–Crippen MR) is 128 cm³/mol. The minimum atomic E-state index is -0.344. The lowest BCUT2D eigenvalue weighted by atomic mass is 10.1. The number of ether oxygens (including phenoxy) is 2. The first-order valence-electron chi connectivity index (χ1n) is 10.5. The third kappa shape index (κ3) is 4.67. The van der Waals surface area contributed by atoms with Gasteiger partial charge in [-0.2, -0.15) is 0 Å². The molecule has 1 aromatic heterocycles. The average Bonchev–Trinajstić information content (AvgIpc) is 3.20. The summed E-state index contributed by atoms with van der Waals surface area (Å²) in [5, 5.41) is 6.59. The summed E-state index contributed by atoms with van der Waals surface area (Å²) in [6.07, 6.45) is 0. The van der Waals surface area contributed by atoms with Crippen molar-refractivity contribution in [1.82, 2.24) is 10.3 Å². The molecule has 0 aliphatic heterocycles. The second-order valence-electron chi connectivity index (χ2n) is 7.60. The van der Waals surface area contributed by atoms with Crippen LogP contribution in [0.2, 0.25) is 0 Å². The van der Waals surface area contributed by atoms with Crippen LogP contribution in [0.5, 0.6) is 11.5 Å². The summed E-state index contributed by atoms with van der Waals surface area (Å²) < 4.78 is 10.6. The summed E-state index contributed by atoms with van der Waals surface area (Å²) in [7, 11) is 3.15. The second kappa shape index (κ2) is 9.48. The van der Waals surface area contributed by atoms with Gasteiger partial charge in [0.15, 0.2) is 0 Å². The molecule has 3 aromatic carbocycles. The zero-order chi connectivity index (χ0) is 23.4. The Kier molecular flexibility index (Phi) is 6.31. The lowest BCUT2D eigenvalue weighted by Crippen LogP contribution is -2.25. The van der Waals surface area contributed by atoms with Crippen LogP contribution in [0.3, 0.4) is 0 Å². The van der Waals surface area contributed by atoms with Gasteiger partial charge in [0, 0.05) is 34.6 Å². The van der Waals surface area contributed by atoms with Crippen molar-refractivity contribution in [1.29, 1.82) is 0 Å². The topological polar surface area (TPSA) is 92.5 Å². The maximum absolute atomic E-state index is 13.1. The molecular formula is C26H25N3O4. The lowest BCUT2D eigenvalue weighted by Gasteiger charge is -2.12. The quantitative estimate of drug-likeness (QED) is 0.387. The Labute approximate surface area is 191 Å². The minimum absolute atomic E-state index is 0.243. The zero-order valence-electron chi connectivity index (χ0n) is 18.7. The van der Waals surface area contributed by atoms with Crippen molar-refractivity contribution < 1.29 is 19.1 Å². The van der Waals surface area contributed by atoms with E-state index in [0.29, 0.717) is 22.7 Å². The number of para-hydroxylation sites is 1. The number of rotatable bonds is 7. The van der Waals surface area contributed by atoms with Crippen LogP contribution in [0, 0.1) is 6.92 Å². The lowest BCUT2D eigenvalue weighted by molar-refractivity contribution is 0.0947. The van der Waals surface area contributed by atoms with Crippen LogP contribution in [0.4, 0.5) is 5.69 Å². The van der Waals surface area contributed by atoms with Crippen LogP contribution in [0.1, 0.15) is 32.0 Å². The molecule has 0 saturated carbocycles. The van der Waals surface area contributed by atoms with E-state index in [2.05, 4.69) is 15.6 Å². The number of carbonyl (C=O) groups excluding carboxylic acids is 2. The van der Waals surface area contributed by atoms with Crippen LogP contribution in [-0.2, 0) is 6.54 Å². The van der Waals surface area contributed by atoms with E-state index in [1.165, 1.54) is 0 Å². The number of benzene rings is 3. The number of anilines is 1. The number of amides is 2. The molecule has 0 bridgehead atoms. The van der Waals surface area contributed by atoms with Gasteiger partial charge in [0.2, 0.25) is 0 Å². The molecule has 168 valence electrons. The number of methoxy groups -OCH3 is 2. The Bertz CT molecular complexity index is 1330. The summed E-state index contributed by atoms with van der Waals surface area (Å²) in [4.78, 5) is 29.2. The number of nitrogens with one attached hydrogen (secondary N) is 3. The van der Waals surface area contributed by atoms with Crippen molar-refractivity contribution in [3.05, 3.63) is 89.1 Å². The van der Waals surface area contributed by atoms with Crippen molar-refractivity contribution in [2.75, 3.05) is 19.5 Å². The van der Waals surface area contributed by atoms with Crippen LogP contribution in [-0.4, -0.2) is 31.0 Å². The predicted octanol–water partition coefficient (Wildman–Crippen LogP) is 4.68. The second-order valence-corrected chi connectivity index (χ2v) is 7.60. The first-order chi connectivity index (χ1) is 16.0. The molecule has 3 N–H and O–H groups in total. The molecule has 0 unspecified atom stereocenters. The van der Waals surface area contributed by atoms with Gasteiger partial charge in [-0.05, 0) is 37.3 Å². The standard InChI is InChI=1S/C26H25N3O4/c1-16-7-6-8-17(13-16)25(30)29-23-20-9-4-5-10-21(20)28-24(23)26(31)27-15-18-11-12-19(32-2)14-22(18)33-3/h4-14,28H,15H2,1-3H3,(H,27,31)(H,29,30). The van der Waals surface area contributed by atoms with E-state index in [1.807, 2.05) is 49.4 Å². The van der Waals surface area contributed by atoms with Gasteiger partial charge < -0.3 is 25.1 Å². The molecule has 1 heterocycles. The average molecular weight is 444 g/mol. The van der Waals surface area contributed by atoms with E-state index in [-0.39, 0.29) is 24.1 Å². The minimum Gasteiger partial charge on any atom is -0.497 e. The van der Waals surface area contributed by atoms with E-state index in [0.717, 1.165) is 22.0 Å². The highest BCUT2D eigenvalue weighted by Gasteiger charge is 2.20. The summed E-state index contributed by atoms with van der Waals surface area (Å²) >= 11 is 0. The molecule has 0 atom stereocenters. The Morgan fingerprint density at radius 2 is 1.73 bits per heavy atom. The molecular weight excluding hydrogens is 418 g/mol. The van der Waals surface area contributed by atoms with Gasteiger partial charge in [-0.1, -0.05) is 35.9 Å². The third-order valence-corrected chi connectivity index (χ3v) is 5.39. The molecule has 4 aromatic rings. The highest BCUT2D eigenvalue weighted by Crippen LogP contribution is 2.29. The largest absolute Gasteiger partial charge is 0.497 e. The van der Waals surface area contributed by atoms with Gasteiger partial charge in [-0.3, -0.25) is 9.59 Å². The molecule has 2 amide bonds. The van der Waals surface area contributed by atoms with Crippen LogP contribution in [0.15, 0.2) is 66.7 Å². The van der Waals surface area contributed by atoms with Gasteiger partial charge in [0.25, 0.3) is 11.8 Å². The smallest absolute Gasteiger partial charge is 0.270 e. The number of aromatic nitrogens is 1. The van der Waals surface area contributed by atoms with Crippen molar-refractivity contribution in [2.45, 2.75) is 13.5 Å². The van der Waals surface area contributed by atoms with Gasteiger partial charge in [0.05, 0.1) is 19.9 Å². The fraction of sp³-hybridized carbons (Fsp3) is 0.154. The normalized spacial score (nSPS) is 10.6. The fourth-order valence-corrected chi connectivity index (χ4v) is 3.68. The Morgan fingerprint density at radius 3 is 2.48 bits per heavy atom. The maximum Gasteiger partial charge on any atom is 0.270 e. The van der Waals surface area contributed by atoms with E-state index >= 15 is 0 Å². The van der Waals surface area contributed by atoms with Crippen molar-refractivity contribution in [3.8, 4) is 11.5 Å². The van der Waals surface area contributed by atoms with Gasteiger partial charge in [-0.25, -0.2) is 0 Å². The van der Waals surface area contributed by atoms with Gasteiger partial charge in [0.1, 0.15) is 17.2 Å². The summed E-state index contributed by atoms with van der Waals surface area (Å²) in [6, 6.07) is 20.2. The maximum atomic E-state index is 13.1. The van der Waals surface area contributed by atoms with Gasteiger partial charge >= 0.3 is 0 Å². The molecule has 0 aliphatic carbocycles. The van der Waals surface area contributed by atoms with Crippen LogP contribution < -0.4 is 20.1 Å².